The monoisotopic (exact) mass is 562 g/mol. The number of aliphatic hydroxyl groups is 2. The minimum absolute atomic E-state index is 0.00381. The largest absolute Gasteiger partial charge is 0.508 e. The third-order valence-electron chi connectivity index (χ3n) is 7.58. The standard InChI is InChI=1S/C30H26O11/c31-14-4-1-12(2-5-14)30-28(39)26(24-19(35)8-15(32)9-23(24)41-30)25-20(36)11-22-16(27(25)38)10-21(37)29(40-22)13-3-6-17(33)18(34)7-13/h1-9,11,21,26,28-39H,10H2/t21-,26?,28-,29-,30-/m1/s1. The van der Waals surface area contributed by atoms with E-state index in [1.165, 1.54) is 54.6 Å². The first-order chi connectivity index (χ1) is 19.5. The molecule has 9 N–H and O–H groups in total. The fourth-order valence-corrected chi connectivity index (χ4v) is 5.64. The molecule has 1 unspecified atom stereocenters. The second kappa shape index (κ2) is 9.58. The highest BCUT2D eigenvalue weighted by Gasteiger charge is 2.45. The van der Waals surface area contributed by atoms with Crippen molar-refractivity contribution >= 4 is 0 Å². The van der Waals surface area contributed by atoms with Crippen molar-refractivity contribution in [2.45, 2.75) is 36.8 Å². The Balaban J connectivity index is 1.47. The van der Waals surface area contributed by atoms with Gasteiger partial charge in [-0.05, 0) is 35.4 Å². The van der Waals surface area contributed by atoms with Crippen LogP contribution in [0.15, 0.2) is 60.7 Å². The molecule has 2 aliphatic heterocycles. The van der Waals surface area contributed by atoms with Gasteiger partial charge in [0.15, 0.2) is 17.6 Å². The van der Waals surface area contributed by atoms with Crippen LogP contribution in [0.3, 0.4) is 0 Å². The molecule has 6 rings (SSSR count). The molecular formula is C30H26O11. The topological polar surface area (TPSA) is 201 Å². The minimum atomic E-state index is -1.49. The first kappa shape index (κ1) is 26.2. The zero-order valence-corrected chi connectivity index (χ0v) is 21.2. The molecule has 0 bridgehead atoms. The third-order valence-corrected chi connectivity index (χ3v) is 7.58. The summed E-state index contributed by atoms with van der Waals surface area (Å²) in [6.07, 6.45) is -4.94. The van der Waals surface area contributed by atoms with Gasteiger partial charge in [-0.25, -0.2) is 0 Å². The van der Waals surface area contributed by atoms with E-state index in [4.69, 9.17) is 9.47 Å². The summed E-state index contributed by atoms with van der Waals surface area (Å²) < 4.78 is 11.9. The fraction of sp³-hybridized carbons (Fsp3) is 0.200. The molecule has 5 atom stereocenters. The van der Waals surface area contributed by atoms with Gasteiger partial charge in [0.1, 0.15) is 52.5 Å². The van der Waals surface area contributed by atoms with Crippen LogP contribution in [0.25, 0.3) is 0 Å². The number of hydrogen-bond donors (Lipinski definition) is 9. The van der Waals surface area contributed by atoms with E-state index in [1.54, 1.807) is 0 Å². The highest BCUT2D eigenvalue weighted by molar-refractivity contribution is 5.65. The van der Waals surface area contributed by atoms with Crippen molar-refractivity contribution in [1.29, 1.82) is 0 Å². The Kier molecular flexibility index (Phi) is 6.13. The number of phenolic OH excluding ortho intramolecular Hbond substituents is 7. The molecule has 0 fully saturated rings. The zero-order chi connectivity index (χ0) is 29.2. The summed E-state index contributed by atoms with van der Waals surface area (Å²) in [6.45, 7) is 0. The summed E-state index contributed by atoms with van der Waals surface area (Å²) >= 11 is 0. The van der Waals surface area contributed by atoms with Gasteiger partial charge in [0.2, 0.25) is 0 Å². The van der Waals surface area contributed by atoms with Crippen LogP contribution in [-0.4, -0.2) is 58.2 Å². The molecule has 11 nitrogen and oxygen atoms in total. The van der Waals surface area contributed by atoms with E-state index in [0.717, 1.165) is 6.07 Å². The van der Waals surface area contributed by atoms with Gasteiger partial charge < -0.3 is 55.4 Å². The molecule has 41 heavy (non-hydrogen) atoms. The summed E-state index contributed by atoms with van der Waals surface area (Å²) in [5.74, 6) is -3.75. The maximum Gasteiger partial charge on any atom is 0.157 e. The van der Waals surface area contributed by atoms with Crippen LogP contribution in [0, 0.1) is 0 Å². The summed E-state index contributed by atoms with van der Waals surface area (Å²) in [6, 6.07) is 13.3. The van der Waals surface area contributed by atoms with Gasteiger partial charge in [0.05, 0.1) is 12.0 Å². The molecule has 2 heterocycles. The number of fused-ring (bicyclic) bond motifs is 2. The van der Waals surface area contributed by atoms with E-state index in [0.29, 0.717) is 11.1 Å². The van der Waals surface area contributed by atoms with Gasteiger partial charge in [0, 0.05) is 41.3 Å². The fourth-order valence-electron chi connectivity index (χ4n) is 5.64. The molecule has 11 heteroatoms. The smallest absolute Gasteiger partial charge is 0.157 e. The zero-order valence-electron chi connectivity index (χ0n) is 21.2. The van der Waals surface area contributed by atoms with Crippen LogP contribution in [0.5, 0.6) is 51.7 Å². The van der Waals surface area contributed by atoms with Crippen LogP contribution in [-0.2, 0) is 6.42 Å². The highest BCUT2D eigenvalue weighted by Crippen LogP contribution is 2.56. The van der Waals surface area contributed by atoms with Gasteiger partial charge in [-0.3, -0.25) is 0 Å². The second-order valence-electron chi connectivity index (χ2n) is 10.2. The summed E-state index contributed by atoms with van der Waals surface area (Å²) in [7, 11) is 0. The number of aromatic hydroxyl groups is 7. The summed E-state index contributed by atoms with van der Waals surface area (Å²) in [5, 5.41) is 95.3. The molecular weight excluding hydrogens is 536 g/mol. The highest BCUT2D eigenvalue weighted by atomic mass is 16.5. The van der Waals surface area contributed by atoms with Gasteiger partial charge >= 0.3 is 0 Å². The number of aliphatic hydroxyl groups excluding tert-OH is 2. The predicted octanol–water partition coefficient (Wildman–Crippen LogP) is 3.29. The van der Waals surface area contributed by atoms with E-state index < -0.39 is 53.3 Å². The van der Waals surface area contributed by atoms with E-state index >= 15 is 0 Å². The van der Waals surface area contributed by atoms with Crippen molar-refractivity contribution in [2.75, 3.05) is 0 Å². The number of phenols is 7. The molecule has 212 valence electrons. The van der Waals surface area contributed by atoms with Crippen LogP contribution in [0.1, 0.15) is 45.9 Å². The molecule has 0 amide bonds. The van der Waals surface area contributed by atoms with Crippen LogP contribution in [0.2, 0.25) is 0 Å². The van der Waals surface area contributed by atoms with Gasteiger partial charge in [-0.2, -0.15) is 0 Å². The number of rotatable bonds is 3. The van der Waals surface area contributed by atoms with E-state index in [9.17, 15) is 46.0 Å². The van der Waals surface area contributed by atoms with E-state index in [-0.39, 0.29) is 51.9 Å². The molecule has 0 saturated carbocycles. The van der Waals surface area contributed by atoms with E-state index in [1.807, 2.05) is 0 Å². The van der Waals surface area contributed by atoms with Gasteiger partial charge in [-0.15, -0.1) is 0 Å². The lowest BCUT2D eigenvalue weighted by Gasteiger charge is -2.39. The Morgan fingerprint density at radius 3 is 1.93 bits per heavy atom. The summed E-state index contributed by atoms with van der Waals surface area (Å²) in [5.41, 5.74) is 0.748. The molecule has 4 aromatic carbocycles. The third kappa shape index (κ3) is 4.31. The number of benzene rings is 4. The maximum atomic E-state index is 11.6. The summed E-state index contributed by atoms with van der Waals surface area (Å²) in [4.78, 5) is 0. The normalized spacial score (nSPS) is 23.1. The van der Waals surface area contributed by atoms with Gasteiger partial charge in [-0.1, -0.05) is 18.2 Å². The molecule has 2 aliphatic rings. The number of hydrogen-bond acceptors (Lipinski definition) is 11. The van der Waals surface area contributed by atoms with Crippen LogP contribution in [0.4, 0.5) is 0 Å². The van der Waals surface area contributed by atoms with Crippen LogP contribution >= 0.6 is 0 Å². The Bertz CT molecular complexity index is 1650. The minimum Gasteiger partial charge on any atom is -0.508 e. The second-order valence-corrected chi connectivity index (χ2v) is 10.2. The van der Waals surface area contributed by atoms with Crippen molar-refractivity contribution in [2.24, 2.45) is 0 Å². The van der Waals surface area contributed by atoms with E-state index in [2.05, 4.69) is 0 Å². The van der Waals surface area contributed by atoms with Crippen molar-refractivity contribution in [3.63, 3.8) is 0 Å². The Morgan fingerprint density at radius 1 is 0.561 bits per heavy atom. The molecule has 0 saturated heterocycles. The molecule has 0 aromatic heterocycles. The maximum absolute atomic E-state index is 11.6. The lowest BCUT2D eigenvalue weighted by molar-refractivity contribution is 0.00582. The lowest BCUT2D eigenvalue weighted by Crippen LogP contribution is -2.35. The molecule has 0 spiro atoms. The number of ether oxygens (including phenoxy) is 2. The SMILES string of the molecule is Oc1ccc([C@H]2Oc3cc(O)cc(O)c3C(c3c(O)cc4c(c3O)C[C@@H](O)[C@@H](c3ccc(O)c(O)c3)O4)[C@H]2O)cc1. The van der Waals surface area contributed by atoms with Crippen molar-refractivity contribution in [3.05, 3.63) is 88.5 Å². The average Bonchev–Trinajstić information content (AvgIpc) is 2.92. The molecule has 4 aromatic rings. The lowest BCUT2D eigenvalue weighted by atomic mass is 9.77. The van der Waals surface area contributed by atoms with Crippen LogP contribution < -0.4 is 9.47 Å². The molecule has 0 aliphatic carbocycles. The Labute approximate surface area is 232 Å². The average molecular weight is 563 g/mol. The first-order valence-electron chi connectivity index (χ1n) is 12.7. The quantitative estimate of drug-likeness (QED) is 0.166. The Morgan fingerprint density at radius 2 is 1.22 bits per heavy atom. The van der Waals surface area contributed by atoms with Gasteiger partial charge in [0.25, 0.3) is 0 Å². The first-order valence-corrected chi connectivity index (χ1v) is 12.7. The van der Waals surface area contributed by atoms with Crippen molar-refractivity contribution in [3.8, 4) is 51.7 Å². The molecule has 0 radical (unpaired) electrons. The Hall–Kier alpha value is -5.00. The van der Waals surface area contributed by atoms with Crippen molar-refractivity contribution < 1.29 is 55.4 Å². The predicted molar refractivity (Wildman–Crippen MR) is 142 cm³/mol. The van der Waals surface area contributed by atoms with Crippen molar-refractivity contribution in [1.82, 2.24) is 0 Å².